The number of nitrogens with one attached hydrogen (secondary N) is 2. The number of amides is 2. The maximum atomic E-state index is 12.5. The first-order chi connectivity index (χ1) is 18.2. The van der Waals surface area contributed by atoms with Crippen LogP contribution in [-0.4, -0.2) is 60.4 Å². The molecule has 0 radical (unpaired) electrons. The second-order valence-corrected chi connectivity index (χ2v) is 9.08. The zero-order valence-corrected chi connectivity index (χ0v) is 21.2. The molecule has 0 bridgehead atoms. The second kappa shape index (κ2) is 12.4. The lowest BCUT2D eigenvalue weighted by molar-refractivity contribution is -0.165. The summed E-state index contributed by atoms with van der Waals surface area (Å²) >= 11 is 0. The highest BCUT2D eigenvalue weighted by molar-refractivity contribution is 5.90. The first-order valence-corrected chi connectivity index (χ1v) is 12.4. The van der Waals surface area contributed by atoms with Crippen LogP contribution in [0, 0.1) is 0 Å². The molecule has 2 N–H and O–H groups in total. The molecule has 1 fully saturated rings. The summed E-state index contributed by atoms with van der Waals surface area (Å²) < 4.78 is 62.1. The number of pyridine rings is 1. The highest BCUT2D eigenvalue weighted by atomic mass is 19.4. The molecular formula is C26H31F3N4O5. The van der Waals surface area contributed by atoms with Gasteiger partial charge in [0.05, 0.1) is 24.6 Å². The molecule has 9 nitrogen and oxygen atoms in total. The van der Waals surface area contributed by atoms with Gasteiger partial charge in [-0.25, -0.2) is 9.78 Å². The third-order valence-electron chi connectivity index (χ3n) is 5.56. The molecule has 206 valence electrons. The number of anilines is 1. The SMILES string of the molecule is CC(C)Oc1cc(NC(=O)NCC(F)(F)F)cc(-c2cnc3cc(OCCOC4CCCCO4)ccn23)c1. The average molecular weight is 537 g/mol. The fourth-order valence-corrected chi connectivity index (χ4v) is 3.96. The number of urea groups is 1. The number of benzene rings is 1. The van der Waals surface area contributed by atoms with Crippen molar-refractivity contribution in [2.24, 2.45) is 0 Å². The molecule has 1 aliphatic rings. The first-order valence-electron chi connectivity index (χ1n) is 12.4. The van der Waals surface area contributed by atoms with Crippen molar-refractivity contribution in [3.05, 3.63) is 42.7 Å². The van der Waals surface area contributed by atoms with E-state index in [1.807, 2.05) is 18.2 Å². The van der Waals surface area contributed by atoms with Crippen LogP contribution in [0.1, 0.15) is 33.1 Å². The largest absolute Gasteiger partial charge is 0.491 e. The average Bonchev–Trinajstić information content (AvgIpc) is 3.28. The molecule has 3 aromatic rings. The number of imidazole rings is 1. The molecule has 4 rings (SSSR count). The summed E-state index contributed by atoms with van der Waals surface area (Å²) in [6, 6.07) is 7.57. The minimum absolute atomic E-state index is 0.160. The van der Waals surface area contributed by atoms with Gasteiger partial charge in [0.1, 0.15) is 30.3 Å². The summed E-state index contributed by atoms with van der Waals surface area (Å²) in [5.74, 6) is 1.07. The quantitative estimate of drug-likeness (QED) is 0.337. The van der Waals surface area contributed by atoms with Crippen LogP contribution in [0.5, 0.6) is 11.5 Å². The fraction of sp³-hybridized carbons (Fsp3) is 0.462. The normalized spacial score (nSPS) is 16.0. The Bertz CT molecular complexity index is 1230. The molecule has 0 aliphatic carbocycles. The zero-order valence-electron chi connectivity index (χ0n) is 21.2. The van der Waals surface area contributed by atoms with Gasteiger partial charge in [0.2, 0.25) is 0 Å². The minimum atomic E-state index is -4.51. The van der Waals surface area contributed by atoms with E-state index in [9.17, 15) is 18.0 Å². The zero-order chi connectivity index (χ0) is 27.1. The van der Waals surface area contributed by atoms with Gasteiger partial charge in [0.25, 0.3) is 0 Å². The Morgan fingerprint density at radius 2 is 2.03 bits per heavy atom. The van der Waals surface area contributed by atoms with Crippen LogP contribution in [0.3, 0.4) is 0 Å². The Morgan fingerprint density at radius 3 is 2.76 bits per heavy atom. The van der Waals surface area contributed by atoms with E-state index in [4.69, 9.17) is 18.9 Å². The molecule has 1 saturated heterocycles. The maximum absolute atomic E-state index is 12.5. The van der Waals surface area contributed by atoms with Crippen LogP contribution in [0.25, 0.3) is 16.9 Å². The van der Waals surface area contributed by atoms with Gasteiger partial charge in [-0.2, -0.15) is 13.2 Å². The summed E-state index contributed by atoms with van der Waals surface area (Å²) in [5.41, 5.74) is 2.24. The van der Waals surface area contributed by atoms with Gasteiger partial charge in [-0.1, -0.05) is 0 Å². The molecular weight excluding hydrogens is 505 g/mol. The Kier molecular flexibility index (Phi) is 8.95. The Labute approximate surface area is 218 Å². The summed E-state index contributed by atoms with van der Waals surface area (Å²) in [6.07, 6.45) is 1.67. The van der Waals surface area contributed by atoms with Crippen molar-refractivity contribution in [2.75, 3.05) is 31.7 Å². The van der Waals surface area contributed by atoms with Gasteiger partial charge in [-0.15, -0.1) is 0 Å². The number of fused-ring (bicyclic) bond motifs is 1. The maximum Gasteiger partial charge on any atom is 0.405 e. The van der Waals surface area contributed by atoms with Gasteiger partial charge < -0.3 is 29.6 Å². The molecule has 1 unspecified atom stereocenters. The van der Waals surface area contributed by atoms with Crippen LogP contribution in [0.2, 0.25) is 0 Å². The lowest BCUT2D eigenvalue weighted by atomic mass is 10.1. The molecule has 2 amide bonds. The van der Waals surface area contributed by atoms with E-state index in [1.165, 1.54) is 0 Å². The summed E-state index contributed by atoms with van der Waals surface area (Å²) in [7, 11) is 0. The molecule has 38 heavy (non-hydrogen) atoms. The molecule has 1 atom stereocenters. The van der Waals surface area contributed by atoms with E-state index in [2.05, 4.69) is 10.3 Å². The highest BCUT2D eigenvalue weighted by Gasteiger charge is 2.27. The second-order valence-electron chi connectivity index (χ2n) is 9.08. The van der Waals surface area contributed by atoms with Crippen LogP contribution >= 0.6 is 0 Å². The van der Waals surface area contributed by atoms with Crippen molar-refractivity contribution >= 4 is 17.4 Å². The molecule has 1 aromatic carbocycles. The van der Waals surface area contributed by atoms with E-state index in [1.54, 1.807) is 48.0 Å². The number of carbonyl (C=O) groups is 1. The van der Waals surface area contributed by atoms with Gasteiger partial charge in [0.15, 0.2) is 6.29 Å². The Morgan fingerprint density at radius 1 is 1.18 bits per heavy atom. The standard InChI is InChI=1S/C26H31F3N4O5/c1-17(2)38-21-12-18(11-19(13-21)32-25(34)31-16-26(27,28)29)22-15-30-23-14-20(6-7-33(22)23)35-9-10-37-24-5-3-4-8-36-24/h6-7,11-15,17,24H,3-5,8-10,16H2,1-2H3,(H2,31,32,34). The van der Waals surface area contributed by atoms with E-state index in [-0.39, 0.29) is 18.1 Å². The Hall–Kier alpha value is -3.51. The van der Waals surface area contributed by atoms with E-state index < -0.39 is 18.8 Å². The van der Waals surface area contributed by atoms with Crippen LogP contribution in [0.4, 0.5) is 23.7 Å². The van der Waals surface area contributed by atoms with Crippen molar-refractivity contribution < 1.29 is 36.9 Å². The van der Waals surface area contributed by atoms with Gasteiger partial charge in [0, 0.05) is 36.2 Å². The minimum Gasteiger partial charge on any atom is -0.491 e. The number of hydrogen-bond acceptors (Lipinski definition) is 6. The van der Waals surface area contributed by atoms with Gasteiger partial charge in [-0.05, 0) is 51.3 Å². The van der Waals surface area contributed by atoms with Crippen molar-refractivity contribution in [1.29, 1.82) is 0 Å². The van der Waals surface area contributed by atoms with Crippen molar-refractivity contribution in [2.45, 2.75) is 51.7 Å². The predicted molar refractivity (Wildman–Crippen MR) is 135 cm³/mol. The number of ether oxygens (including phenoxy) is 4. The molecule has 1 aliphatic heterocycles. The number of carbonyl (C=O) groups excluding carboxylic acids is 1. The lowest BCUT2D eigenvalue weighted by Crippen LogP contribution is -2.36. The highest BCUT2D eigenvalue weighted by Crippen LogP contribution is 2.31. The van der Waals surface area contributed by atoms with Crippen LogP contribution in [-0.2, 0) is 9.47 Å². The van der Waals surface area contributed by atoms with Crippen molar-refractivity contribution in [3.63, 3.8) is 0 Å². The first kappa shape index (κ1) is 27.5. The number of rotatable bonds is 10. The summed E-state index contributed by atoms with van der Waals surface area (Å²) in [5, 5.41) is 4.24. The van der Waals surface area contributed by atoms with E-state index in [0.717, 1.165) is 25.9 Å². The lowest BCUT2D eigenvalue weighted by Gasteiger charge is -2.22. The number of hydrogen-bond donors (Lipinski definition) is 2. The topological polar surface area (TPSA) is 95.4 Å². The third-order valence-corrected chi connectivity index (χ3v) is 5.56. The van der Waals surface area contributed by atoms with E-state index in [0.29, 0.717) is 41.6 Å². The molecule has 0 saturated carbocycles. The van der Waals surface area contributed by atoms with Gasteiger partial charge in [-0.3, -0.25) is 4.40 Å². The van der Waals surface area contributed by atoms with E-state index >= 15 is 0 Å². The third kappa shape index (κ3) is 7.99. The predicted octanol–water partition coefficient (Wildman–Crippen LogP) is 5.39. The summed E-state index contributed by atoms with van der Waals surface area (Å²) in [6.45, 7) is 3.75. The van der Waals surface area contributed by atoms with Crippen molar-refractivity contribution in [3.8, 4) is 22.8 Å². The van der Waals surface area contributed by atoms with Crippen LogP contribution in [0.15, 0.2) is 42.7 Å². The monoisotopic (exact) mass is 536 g/mol. The number of halogens is 3. The smallest absolute Gasteiger partial charge is 0.405 e. The van der Waals surface area contributed by atoms with Gasteiger partial charge >= 0.3 is 12.2 Å². The summed E-state index contributed by atoms with van der Waals surface area (Å²) in [4.78, 5) is 16.5. The number of alkyl halides is 3. The van der Waals surface area contributed by atoms with Crippen molar-refractivity contribution in [1.82, 2.24) is 14.7 Å². The number of nitrogens with zero attached hydrogens (tertiary/aromatic N) is 2. The molecule has 12 heteroatoms. The fourth-order valence-electron chi connectivity index (χ4n) is 3.96. The number of aromatic nitrogens is 2. The molecule has 0 spiro atoms. The van der Waals surface area contributed by atoms with Crippen LogP contribution < -0.4 is 20.1 Å². The molecule has 3 heterocycles. The Balaban J connectivity index is 1.46. The molecule has 2 aromatic heterocycles.